The predicted molar refractivity (Wildman–Crippen MR) is 66.3 cm³/mol. The Bertz CT molecular complexity index is 697. The number of ketones is 1. The van der Waals surface area contributed by atoms with Gasteiger partial charge in [0.2, 0.25) is 5.43 Å². The van der Waals surface area contributed by atoms with E-state index in [2.05, 4.69) is 0 Å². The molecule has 0 saturated carbocycles. The van der Waals surface area contributed by atoms with Gasteiger partial charge in [0.1, 0.15) is 22.7 Å². The highest BCUT2D eigenvalue weighted by molar-refractivity contribution is 6.00. The molecule has 1 aromatic carbocycles. The van der Waals surface area contributed by atoms with Crippen LogP contribution >= 0.6 is 0 Å². The van der Waals surface area contributed by atoms with E-state index < -0.39 is 0 Å². The molecule has 0 radical (unpaired) electrons. The van der Waals surface area contributed by atoms with Crippen molar-refractivity contribution in [2.24, 2.45) is 0 Å². The highest BCUT2D eigenvalue weighted by atomic mass is 16.5. The van der Waals surface area contributed by atoms with E-state index in [1.807, 2.05) is 0 Å². The van der Waals surface area contributed by atoms with Crippen molar-refractivity contribution in [2.75, 3.05) is 7.11 Å². The number of fused-ring (bicyclic) bond motifs is 2. The average molecular weight is 244 g/mol. The Morgan fingerprint density at radius 1 is 1.22 bits per heavy atom. The van der Waals surface area contributed by atoms with Crippen molar-refractivity contribution in [2.45, 2.75) is 19.3 Å². The molecule has 3 rings (SSSR count). The van der Waals surface area contributed by atoms with E-state index in [0.717, 1.165) is 6.42 Å². The van der Waals surface area contributed by atoms with E-state index in [1.54, 1.807) is 18.2 Å². The Labute approximate surface area is 103 Å². The first-order valence-corrected chi connectivity index (χ1v) is 5.87. The Morgan fingerprint density at radius 2 is 2.06 bits per heavy atom. The molecular weight excluding hydrogens is 232 g/mol. The number of aryl methyl sites for hydroxylation is 1. The second-order valence-electron chi connectivity index (χ2n) is 4.37. The summed E-state index contributed by atoms with van der Waals surface area (Å²) in [6.07, 6.45) is 1.82. The third kappa shape index (κ3) is 1.53. The van der Waals surface area contributed by atoms with Crippen LogP contribution < -0.4 is 10.2 Å². The molecule has 4 nitrogen and oxygen atoms in total. The zero-order chi connectivity index (χ0) is 12.7. The van der Waals surface area contributed by atoms with Gasteiger partial charge in [0.25, 0.3) is 0 Å². The molecule has 0 unspecified atom stereocenters. The molecule has 0 bridgehead atoms. The third-order valence-corrected chi connectivity index (χ3v) is 3.26. The summed E-state index contributed by atoms with van der Waals surface area (Å²) in [7, 11) is 1.53. The van der Waals surface area contributed by atoms with Crippen molar-refractivity contribution in [3.63, 3.8) is 0 Å². The Kier molecular flexibility index (Phi) is 2.44. The van der Waals surface area contributed by atoms with E-state index >= 15 is 0 Å². The lowest BCUT2D eigenvalue weighted by Gasteiger charge is -2.13. The van der Waals surface area contributed by atoms with Crippen molar-refractivity contribution in [1.82, 2.24) is 0 Å². The van der Waals surface area contributed by atoms with Crippen molar-refractivity contribution in [3.05, 3.63) is 39.7 Å². The van der Waals surface area contributed by atoms with Crippen molar-refractivity contribution in [1.29, 1.82) is 0 Å². The van der Waals surface area contributed by atoms with Crippen molar-refractivity contribution < 1.29 is 13.9 Å². The van der Waals surface area contributed by atoms with E-state index in [-0.39, 0.29) is 16.8 Å². The fourth-order valence-corrected chi connectivity index (χ4v) is 2.34. The zero-order valence-corrected chi connectivity index (χ0v) is 9.99. The quantitative estimate of drug-likeness (QED) is 0.772. The summed E-state index contributed by atoms with van der Waals surface area (Å²) in [4.78, 5) is 24.1. The van der Waals surface area contributed by atoms with Gasteiger partial charge < -0.3 is 9.15 Å². The van der Waals surface area contributed by atoms with Gasteiger partial charge >= 0.3 is 0 Å². The standard InChI is InChI=1S/C14H12O4/c1-17-8-5-6-11-9(7-8)14(16)13-10(15)3-2-4-12(13)18-11/h5-7H,2-4H2,1H3. The molecule has 18 heavy (non-hydrogen) atoms. The van der Waals surface area contributed by atoms with Crippen molar-refractivity contribution in [3.8, 4) is 5.75 Å². The molecule has 1 heterocycles. The van der Waals surface area contributed by atoms with Gasteiger partial charge in [-0.05, 0) is 24.6 Å². The Hall–Kier alpha value is -2.10. The summed E-state index contributed by atoms with van der Waals surface area (Å²) >= 11 is 0. The van der Waals surface area contributed by atoms with E-state index in [4.69, 9.17) is 9.15 Å². The summed E-state index contributed by atoms with van der Waals surface area (Å²) < 4.78 is 10.7. The average Bonchev–Trinajstić information content (AvgIpc) is 2.38. The van der Waals surface area contributed by atoms with Crippen LogP contribution in [-0.4, -0.2) is 12.9 Å². The fourth-order valence-electron chi connectivity index (χ4n) is 2.34. The molecule has 1 aliphatic rings. The molecule has 0 fully saturated rings. The maximum atomic E-state index is 12.3. The number of rotatable bonds is 1. The number of carbonyl (C=O) groups excluding carboxylic acids is 1. The first kappa shape index (κ1) is 11.0. The summed E-state index contributed by atoms with van der Waals surface area (Å²) in [5.41, 5.74) is 0.492. The van der Waals surface area contributed by atoms with Crippen LogP contribution in [-0.2, 0) is 6.42 Å². The molecule has 1 aromatic heterocycles. The number of hydrogen-bond donors (Lipinski definition) is 0. The fraction of sp³-hybridized carbons (Fsp3) is 0.286. The molecule has 1 aliphatic carbocycles. The van der Waals surface area contributed by atoms with Crippen LogP contribution in [0.3, 0.4) is 0 Å². The highest BCUT2D eigenvalue weighted by Crippen LogP contribution is 2.25. The number of carbonyl (C=O) groups is 1. The summed E-state index contributed by atoms with van der Waals surface area (Å²) in [5, 5.41) is 0.406. The normalized spacial score (nSPS) is 14.6. The number of hydrogen-bond acceptors (Lipinski definition) is 4. The topological polar surface area (TPSA) is 56.5 Å². The van der Waals surface area contributed by atoms with E-state index in [0.29, 0.717) is 35.3 Å². The van der Waals surface area contributed by atoms with Gasteiger partial charge in [-0.2, -0.15) is 0 Å². The lowest BCUT2D eigenvalue weighted by atomic mass is 9.94. The van der Waals surface area contributed by atoms with Gasteiger partial charge in [0.05, 0.1) is 12.5 Å². The molecule has 92 valence electrons. The minimum Gasteiger partial charge on any atom is -0.497 e. The molecule has 0 spiro atoms. The number of benzene rings is 1. The van der Waals surface area contributed by atoms with Gasteiger partial charge in [-0.3, -0.25) is 9.59 Å². The molecule has 0 saturated heterocycles. The zero-order valence-electron chi connectivity index (χ0n) is 9.99. The van der Waals surface area contributed by atoms with Crippen LogP contribution in [0.5, 0.6) is 5.75 Å². The third-order valence-electron chi connectivity index (χ3n) is 3.26. The van der Waals surface area contributed by atoms with Crippen molar-refractivity contribution >= 4 is 16.8 Å². The Morgan fingerprint density at radius 3 is 2.83 bits per heavy atom. The van der Waals surface area contributed by atoms with Crippen LogP contribution in [0.25, 0.3) is 11.0 Å². The van der Waals surface area contributed by atoms with Crippen LogP contribution in [0.15, 0.2) is 27.4 Å². The second kappa shape index (κ2) is 3.98. The van der Waals surface area contributed by atoms with Gasteiger partial charge in [0.15, 0.2) is 5.78 Å². The molecular formula is C14H12O4. The molecule has 0 N–H and O–H groups in total. The minimum atomic E-state index is -0.241. The highest BCUT2D eigenvalue weighted by Gasteiger charge is 2.24. The maximum Gasteiger partial charge on any atom is 0.203 e. The van der Waals surface area contributed by atoms with Gasteiger partial charge in [0, 0.05) is 12.8 Å². The molecule has 2 aromatic rings. The molecule has 0 atom stereocenters. The van der Waals surface area contributed by atoms with Crippen LogP contribution in [0, 0.1) is 0 Å². The van der Waals surface area contributed by atoms with Gasteiger partial charge in [-0.1, -0.05) is 0 Å². The Balaban J connectivity index is 2.38. The summed E-state index contributed by atoms with van der Waals surface area (Å²) in [5.74, 6) is 0.988. The predicted octanol–water partition coefficient (Wildman–Crippen LogP) is 2.32. The number of ether oxygens (including phenoxy) is 1. The van der Waals surface area contributed by atoms with E-state index in [9.17, 15) is 9.59 Å². The van der Waals surface area contributed by atoms with Crippen LogP contribution in [0.1, 0.15) is 29.0 Å². The summed E-state index contributed by atoms with van der Waals surface area (Å²) in [6, 6.07) is 5.06. The minimum absolute atomic E-state index is 0.116. The number of methoxy groups -OCH3 is 1. The first-order chi connectivity index (χ1) is 8.70. The largest absolute Gasteiger partial charge is 0.497 e. The molecule has 4 heteroatoms. The summed E-state index contributed by atoms with van der Waals surface area (Å²) in [6.45, 7) is 0. The van der Waals surface area contributed by atoms with Crippen LogP contribution in [0.4, 0.5) is 0 Å². The number of Topliss-reactive ketones (excluding diaryl/α,β-unsaturated/α-hetero) is 1. The molecule has 0 aliphatic heterocycles. The van der Waals surface area contributed by atoms with E-state index in [1.165, 1.54) is 7.11 Å². The molecule has 0 amide bonds. The van der Waals surface area contributed by atoms with Gasteiger partial charge in [-0.25, -0.2) is 0 Å². The lowest BCUT2D eigenvalue weighted by Crippen LogP contribution is -2.22. The maximum absolute atomic E-state index is 12.3. The second-order valence-corrected chi connectivity index (χ2v) is 4.37. The smallest absolute Gasteiger partial charge is 0.203 e. The van der Waals surface area contributed by atoms with Crippen LogP contribution in [0.2, 0.25) is 0 Å². The SMILES string of the molecule is COc1ccc2oc3c(c(=O)c2c1)C(=O)CCC3. The first-order valence-electron chi connectivity index (χ1n) is 5.87. The monoisotopic (exact) mass is 244 g/mol. The van der Waals surface area contributed by atoms with Gasteiger partial charge in [-0.15, -0.1) is 0 Å². The lowest BCUT2D eigenvalue weighted by molar-refractivity contribution is 0.0966.